The highest BCUT2D eigenvalue weighted by atomic mass is 32.1. The Labute approximate surface area is 234 Å². The summed E-state index contributed by atoms with van der Waals surface area (Å²) in [6.07, 6.45) is 2.70. The molecule has 12 heteroatoms. The van der Waals surface area contributed by atoms with Crippen molar-refractivity contribution < 1.29 is 19.0 Å². The van der Waals surface area contributed by atoms with Crippen LogP contribution in [0.2, 0.25) is 0 Å². The third-order valence-electron chi connectivity index (χ3n) is 6.56. The summed E-state index contributed by atoms with van der Waals surface area (Å²) in [5.74, 6) is 0.691. The number of thiazole rings is 1. The average Bonchev–Trinajstić information content (AvgIpc) is 3.31. The number of carboxylic acid groups (broad SMARTS) is 1. The Morgan fingerprint density at radius 2 is 1.73 bits per heavy atom. The Balaban J connectivity index is 1.46. The van der Waals surface area contributed by atoms with Gasteiger partial charge in [0.15, 0.2) is 11.6 Å². The highest BCUT2D eigenvalue weighted by Gasteiger charge is 2.29. The number of carbonyl (C=O) groups is 1. The molecule has 2 aromatic carbocycles. The van der Waals surface area contributed by atoms with Crippen LogP contribution in [-0.4, -0.2) is 62.4 Å². The summed E-state index contributed by atoms with van der Waals surface area (Å²) in [6, 6.07) is 6.24. The van der Waals surface area contributed by atoms with Crippen LogP contribution in [-0.2, 0) is 0 Å². The number of aryl methyl sites for hydroxylation is 2. The molecule has 0 aliphatic heterocycles. The number of halogens is 1. The highest BCUT2D eigenvalue weighted by molar-refractivity contribution is 7.21. The molecular formula is C28H28FN7O3S. The van der Waals surface area contributed by atoms with Gasteiger partial charge in [-0.2, -0.15) is 0 Å². The quantitative estimate of drug-likeness (QED) is 0.261. The maximum absolute atomic E-state index is 15.2. The zero-order chi connectivity index (χ0) is 28.7. The fourth-order valence-electron chi connectivity index (χ4n) is 4.31. The second-order valence-corrected chi connectivity index (χ2v) is 10.8. The minimum atomic E-state index is -1.19. The molecule has 1 N–H and O–H groups in total. The normalized spacial score (nSPS) is 12.9. The van der Waals surface area contributed by atoms with E-state index in [0.29, 0.717) is 27.6 Å². The molecule has 0 unspecified atom stereocenters. The van der Waals surface area contributed by atoms with Crippen LogP contribution in [0.25, 0.3) is 31.8 Å². The summed E-state index contributed by atoms with van der Waals surface area (Å²) in [5.41, 5.74) is 4.07. The fraction of sp³-hybridized carbons (Fsp3) is 0.286. The summed E-state index contributed by atoms with van der Waals surface area (Å²) < 4.78 is 21.9. The minimum absolute atomic E-state index is 0.0112. The van der Waals surface area contributed by atoms with E-state index in [9.17, 15) is 9.90 Å². The van der Waals surface area contributed by atoms with Crippen molar-refractivity contribution in [2.45, 2.75) is 39.8 Å². The van der Waals surface area contributed by atoms with Gasteiger partial charge >= 0.3 is 6.09 Å². The number of rotatable bonds is 7. The lowest BCUT2D eigenvalue weighted by Gasteiger charge is -2.30. The zero-order valence-corrected chi connectivity index (χ0v) is 23.7. The lowest BCUT2D eigenvalue weighted by molar-refractivity contribution is 0.167. The van der Waals surface area contributed by atoms with Gasteiger partial charge in [0.2, 0.25) is 0 Å². The van der Waals surface area contributed by atoms with Crippen molar-refractivity contribution in [3.63, 3.8) is 0 Å². The van der Waals surface area contributed by atoms with Crippen molar-refractivity contribution >= 4 is 50.2 Å². The first kappa shape index (κ1) is 27.1. The van der Waals surface area contributed by atoms with Gasteiger partial charge < -0.3 is 14.7 Å². The molecule has 40 heavy (non-hydrogen) atoms. The molecule has 0 saturated carbocycles. The van der Waals surface area contributed by atoms with E-state index in [4.69, 9.17) is 14.7 Å². The molecule has 10 nitrogen and oxygen atoms in total. The molecule has 5 aromatic rings. The van der Waals surface area contributed by atoms with Crippen molar-refractivity contribution in [1.82, 2.24) is 24.9 Å². The standard InChI is InChI=1S/C28H28FN7O3S/c1-14-7-19(26-22(8-14)33-25(13-32-26)35(5)6)27-34-21-9-20(29)23(10-24(21)40-27)39-16(3)15(2)36(28(37)38)18-11-30-17(4)31-12-18/h7-13,15-16H,1-6H3,(H,37,38)/t15-,16+/m1/s1. The molecule has 206 valence electrons. The molecule has 0 bridgehead atoms. The van der Waals surface area contributed by atoms with Gasteiger partial charge in [-0.05, 0) is 45.4 Å². The van der Waals surface area contributed by atoms with Crippen molar-refractivity contribution in [2.75, 3.05) is 23.9 Å². The van der Waals surface area contributed by atoms with Crippen molar-refractivity contribution in [3.05, 3.63) is 60.1 Å². The van der Waals surface area contributed by atoms with Gasteiger partial charge in [0, 0.05) is 31.8 Å². The Hall–Kier alpha value is -4.45. The van der Waals surface area contributed by atoms with E-state index in [1.807, 2.05) is 38.1 Å². The Morgan fingerprint density at radius 3 is 2.40 bits per heavy atom. The van der Waals surface area contributed by atoms with Gasteiger partial charge in [-0.3, -0.25) is 9.88 Å². The van der Waals surface area contributed by atoms with Crippen LogP contribution < -0.4 is 14.5 Å². The molecule has 3 aromatic heterocycles. The largest absolute Gasteiger partial charge is 0.485 e. The van der Waals surface area contributed by atoms with Crippen molar-refractivity contribution in [1.29, 1.82) is 0 Å². The first-order valence-corrected chi connectivity index (χ1v) is 13.4. The molecule has 0 aliphatic carbocycles. The van der Waals surface area contributed by atoms with Gasteiger partial charge in [0.05, 0.1) is 51.6 Å². The molecule has 0 spiro atoms. The molecule has 0 saturated heterocycles. The lowest BCUT2D eigenvalue weighted by Crippen LogP contribution is -2.46. The number of aromatic nitrogens is 5. The van der Waals surface area contributed by atoms with Gasteiger partial charge in [-0.1, -0.05) is 0 Å². The van der Waals surface area contributed by atoms with Crippen LogP contribution in [0.4, 0.5) is 20.7 Å². The van der Waals surface area contributed by atoms with Crippen molar-refractivity contribution in [3.8, 4) is 16.3 Å². The number of ether oxygens (including phenoxy) is 1. The highest BCUT2D eigenvalue weighted by Crippen LogP contribution is 2.37. The Bertz CT molecular complexity index is 1730. The number of anilines is 2. The smallest absolute Gasteiger partial charge is 0.412 e. The summed E-state index contributed by atoms with van der Waals surface area (Å²) in [6.45, 7) is 7.07. The predicted molar refractivity (Wildman–Crippen MR) is 154 cm³/mol. The van der Waals surface area contributed by atoms with E-state index in [0.717, 1.165) is 32.1 Å². The Morgan fingerprint density at radius 1 is 1.00 bits per heavy atom. The molecule has 2 atom stereocenters. The SMILES string of the molecule is Cc1cc(-c2nc3cc(F)c(O[C@@H](C)[C@@H](C)N(C(=O)O)c4cnc(C)nc4)cc3s2)c2ncc(N(C)C)nc2c1. The molecule has 0 radical (unpaired) electrons. The van der Waals surface area contributed by atoms with Gasteiger partial charge in [0.25, 0.3) is 0 Å². The fourth-order valence-corrected chi connectivity index (χ4v) is 5.30. The number of hydrogen-bond donors (Lipinski definition) is 1. The van der Waals surface area contributed by atoms with Gasteiger partial charge in [-0.25, -0.2) is 29.1 Å². The number of nitrogens with zero attached hydrogens (tertiary/aromatic N) is 7. The van der Waals surface area contributed by atoms with Crippen LogP contribution >= 0.6 is 11.3 Å². The number of benzene rings is 2. The maximum atomic E-state index is 15.2. The monoisotopic (exact) mass is 561 g/mol. The molecule has 1 amide bonds. The average molecular weight is 562 g/mol. The number of hydrogen-bond acceptors (Lipinski definition) is 9. The topological polar surface area (TPSA) is 117 Å². The van der Waals surface area contributed by atoms with Crippen LogP contribution in [0.5, 0.6) is 5.75 Å². The summed E-state index contributed by atoms with van der Waals surface area (Å²) in [5, 5.41) is 10.5. The summed E-state index contributed by atoms with van der Waals surface area (Å²) >= 11 is 1.40. The van der Waals surface area contributed by atoms with Crippen LogP contribution in [0.1, 0.15) is 25.2 Å². The van der Waals surface area contributed by atoms with Crippen LogP contribution in [0.3, 0.4) is 0 Å². The van der Waals surface area contributed by atoms with E-state index in [1.165, 1.54) is 29.8 Å². The maximum Gasteiger partial charge on any atom is 0.412 e. The van der Waals surface area contributed by atoms with E-state index >= 15 is 4.39 Å². The van der Waals surface area contributed by atoms with Crippen LogP contribution in [0.15, 0.2) is 42.9 Å². The van der Waals surface area contributed by atoms with Crippen LogP contribution in [0, 0.1) is 19.7 Å². The van der Waals surface area contributed by atoms with E-state index in [-0.39, 0.29) is 5.75 Å². The molecule has 0 aliphatic rings. The summed E-state index contributed by atoms with van der Waals surface area (Å²) in [4.78, 5) is 37.3. The minimum Gasteiger partial charge on any atom is -0.485 e. The first-order chi connectivity index (χ1) is 19.0. The van der Waals surface area contributed by atoms with E-state index in [1.54, 1.807) is 33.0 Å². The van der Waals surface area contributed by atoms with Crippen molar-refractivity contribution in [2.24, 2.45) is 0 Å². The number of amides is 1. The number of fused-ring (bicyclic) bond motifs is 2. The molecule has 3 heterocycles. The predicted octanol–water partition coefficient (Wildman–Crippen LogP) is 5.86. The van der Waals surface area contributed by atoms with E-state index < -0.39 is 24.1 Å². The second kappa shape index (κ2) is 10.6. The molecule has 5 rings (SSSR count). The molecular weight excluding hydrogens is 533 g/mol. The first-order valence-electron chi connectivity index (χ1n) is 12.5. The third-order valence-corrected chi connectivity index (χ3v) is 7.61. The van der Waals surface area contributed by atoms with E-state index in [2.05, 4.69) is 15.0 Å². The van der Waals surface area contributed by atoms with Gasteiger partial charge in [-0.15, -0.1) is 11.3 Å². The summed E-state index contributed by atoms with van der Waals surface area (Å²) in [7, 11) is 3.82. The molecule has 0 fully saturated rings. The van der Waals surface area contributed by atoms with Gasteiger partial charge in [0.1, 0.15) is 22.8 Å². The second-order valence-electron chi connectivity index (χ2n) is 9.78. The lowest BCUT2D eigenvalue weighted by atomic mass is 10.1. The zero-order valence-electron chi connectivity index (χ0n) is 22.9. The Kier molecular flexibility index (Phi) is 7.19. The third kappa shape index (κ3) is 5.22.